The summed E-state index contributed by atoms with van der Waals surface area (Å²) < 4.78 is 75.5. The van der Waals surface area contributed by atoms with Crippen molar-refractivity contribution in [2.75, 3.05) is 6.61 Å². The molecule has 0 N–H and O–H groups in total. The van der Waals surface area contributed by atoms with Gasteiger partial charge in [-0.1, -0.05) is 6.92 Å². The summed E-state index contributed by atoms with van der Waals surface area (Å²) in [6, 6.07) is 1.06. The fraction of sp³-hybridized carbons (Fsp3) is 0.526. The number of hydrogen-bond donors (Lipinski definition) is 0. The molecule has 2 aromatic heterocycles. The summed E-state index contributed by atoms with van der Waals surface area (Å²) in [7, 11) is 0. The van der Waals surface area contributed by atoms with E-state index in [1.807, 2.05) is 0 Å². The lowest BCUT2D eigenvalue weighted by Crippen LogP contribution is -2.22. The maximum absolute atomic E-state index is 13.0. The Hall–Kier alpha value is -2.72. The van der Waals surface area contributed by atoms with Crippen molar-refractivity contribution in [2.24, 2.45) is 5.92 Å². The van der Waals surface area contributed by atoms with Crippen molar-refractivity contribution in [1.82, 2.24) is 14.8 Å². The fourth-order valence-corrected chi connectivity index (χ4v) is 2.90. The Morgan fingerprint density at radius 1 is 1.27 bits per heavy atom. The SMILES string of the molecule is CCOC(=O)c1nn(CC)c(-c2cnc(C[C@@H](C)C(F)(F)F)cc2OC(F)F)c1C. The van der Waals surface area contributed by atoms with E-state index < -0.39 is 31.1 Å². The first-order valence-corrected chi connectivity index (χ1v) is 9.24. The molecule has 166 valence electrons. The van der Waals surface area contributed by atoms with Gasteiger partial charge in [0.05, 0.1) is 23.8 Å². The van der Waals surface area contributed by atoms with Gasteiger partial charge in [0.2, 0.25) is 0 Å². The summed E-state index contributed by atoms with van der Waals surface area (Å²) >= 11 is 0. The summed E-state index contributed by atoms with van der Waals surface area (Å²) in [6.45, 7) is 3.10. The van der Waals surface area contributed by atoms with Crippen LogP contribution in [0.3, 0.4) is 0 Å². The van der Waals surface area contributed by atoms with Gasteiger partial charge in [0.25, 0.3) is 0 Å². The summed E-state index contributed by atoms with van der Waals surface area (Å²) in [5.41, 5.74) is 0.685. The second-order valence-electron chi connectivity index (χ2n) is 6.56. The number of esters is 1. The van der Waals surface area contributed by atoms with Crippen LogP contribution in [0.4, 0.5) is 22.0 Å². The van der Waals surface area contributed by atoms with Crippen LogP contribution in [-0.4, -0.2) is 40.1 Å². The van der Waals surface area contributed by atoms with Crippen molar-refractivity contribution < 1.29 is 36.2 Å². The number of carbonyl (C=O) groups is 1. The zero-order valence-corrected chi connectivity index (χ0v) is 16.9. The summed E-state index contributed by atoms with van der Waals surface area (Å²) in [5, 5.41) is 4.17. The van der Waals surface area contributed by atoms with Gasteiger partial charge < -0.3 is 9.47 Å². The molecule has 1 atom stereocenters. The molecule has 0 radical (unpaired) electrons. The van der Waals surface area contributed by atoms with E-state index in [0.717, 1.165) is 19.2 Å². The zero-order valence-electron chi connectivity index (χ0n) is 16.9. The average molecular weight is 435 g/mol. The maximum Gasteiger partial charge on any atom is 0.391 e. The topological polar surface area (TPSA) is 66.2 Å². The molecule has 0 aliphatic rings. The van der Waals surface area contributed by atoms with Gasteiger partial charge in [-0.05, 0) is 20.8 Å². The van der Waals surface area contributed by atoms with Gasteiger partial charge >= 0.3 is 18.8 Å². The number of hydrogen-bond acceptors (Lipinski definition) is 5. The molecule has 0 amide bonds. The molecule has 0 fully saturated rings. The highest BCUT2D eigenvalue weighted by atomic mass is 19.4. The molecule has 0 aliphatic carbocycles. The highest BCUT2D eigenvalue weighted by Gasteiger charge is 2.36. The molecule has 0 aromatic carbocycles. The number of aromatic nitrogens is 3. The lowest BCUT2D eigenvalue weighted by molar-refractivity contribution is -0.169. The van der Waals surface area contributed by atoms with E-state index in [1.54, 1.807) is 20.8 Å². The highest BCUT2D eigenvalue weighted by molar-refractivity contribution is 5.91. The van der Waals surface area contributed by atoms with E-state index in [9.17, 15) is 26.7 Å². The van der Waals surface area contributed by atoms with Crippen molar-refractivity contribution in [1.29, 1.82) is 0 Å². The van der Waals surface area contributed by atoms with Gasteiger partial charge in [0, 0.05) is 36.5 Å². The summed E-state index contributed by atoms with van der Waals surface area (Å²) in [4.78, 5) is 16.1. The summed E-state index contributed by atoms with van der Waals surface area (Å²) in [6.07, 6.45) is -3.79. The number of alkyl halides is 5. The molecule has 0 saturated carbocycles. The lowest BCUT2D eigenvalue weighted by Gasteiger charge is -2.17. The number of ether oxygens (including phenoxy) is 2. The van der Waals surface area contributed by atoms with Crippen LogP contribution in [0.25, 0.3) is 11.3 Å². The van der Waals surface area contributed by atoms with Gasteiger partial charge in [0.15, 0.2) is 5.69 Å². The number of rotatable bonds is 8. The zero-order chi connectivity index (χ0) is 22.6. The Bertz CT molecular complexity index is 896. The average Bonchev–Trinajstić information content (AvgIpc) is 2.97. The van der Waals surface area contributed by atoms with Crippen LogP contribution in [0.5, 0.6) is 5.75 Å². The molecule has 11 heteroatoms. The molecule has 0 bridgehead atoms. The van der Waals surface area contributed by atoms with Crippen molar-refractivity contribution in [3.05, 3.63) is 29.2 Å². The van der Waals surface area contributed by atoms with Gasteiger partial charge in [-0.3, -0.25) is 9.67 Å². The minimum Gasteiger partial charge on any atom is -0.461 e. The number of pyridine rings is 1. The fourth-order valence-electron chi connectivity index (χ4n) is 2.90. The minimum absolute atomic E-state index is 0.00599. The van der Waals surface area contributed by atoms with E-state index in [-0.39, 0.29) is 35.9 Å². The molecule has 0 saturated heterocycles. The third-order valence-electron chi connectivity index (χ3n) is 4.43. The lowest BCUT2D eigenvalue weighted by atomic mass is 10.0. The number of carbonyl (C=O) groups excluding carboxylic acids is 1. The molecule has 2 rings (SSSR count). The molecular formula is C19H22F5N3O3. The van der Waals surface area contributed by atoms with Crippen LogP contribution in [0.2, 0.25) is 0 Å². The number of halogens is 5. The Morgan fingerprint density at radius 2 is 1.93 bits per heavy atom. The van der Waals surface area contributed by atoms with Crippen molar-refractivity contribution in [2.45, 2.75) is 53.4 Å². The molecule has 0 aliphatic heterocycles. The van der Waals surface area contributed by atoms with Crippen molar-refractivity contribution in [3.8, 4) is 17.0 Å². The standard InChI is InChI=1S/C19H22F5N3O3/c1-5-27-16(11(4)15(26-27)17(28)29-6-2)13-9-25-12(7-10(3)19(22,23)24)8-14(13)30-18(20)21/h8-10,18H,5-7H2,1-4H3/t10-/m1/s1. The van der Waals surface area contributed by atoms with Crippen molar-refractivity contribution in [3.63, 3.8) is 0 Å². The first-order valence-electron chi connectivity index (χ1n) is 9.24. The largest absolute Gasteiger partial charge is 0.461 e. The predicted octanol–water partition coefficient (Wildman–Crippen LogP) is 4.79. The maximum atomic E-state index is 13.0. The molecule has 2 aromatic rings. The van der Waals surface area contributed by atoms with Gasteiger partial charge in [-0.2, -0.15) is 27.1 Å². The van der Waals surface area contributed by atoms with E-state index in [4.69, 9.17) is 4.74 Å². The Balaban J connectivity index is 2.56. The molecule has 6 nitrogen and oxygen atoms in total. The molecular weight excluding hydrogens is 413 g/mol. The van der Waals surface area contributed by atoms with Crippen LogP contribution < -0.4 is 4.74 Å². The van der Waals surface area contributed by atoms with Gasteiger partial charge in [0.1, 0.15) is 5.75 Å². The van der Waals surface area contributed by atoms with Crippen LogP contribution >= 0.6 is 0 Å². The smallest absolute Gasteiger partial charge is 0.391 e. The van der Waals surface area contributed by atoms with Gasteiger partial charge in [-0.15, -0.1) is 0 Å². The van der Waals surface area contributed by atoms with Crippen LogP contribution in [0, 0.1) is 12.8 Å². The Morgan fingerprint density at radius 3 is 2.47 bits per heavy atom. The van der Waals surface area contributed by atoms with Crippen LogP contribution in [-0.2, 0) is 17.7 Å². The predicted molar refractivity (Wildman–Crippen MR) is 97.4 cm³/mol. The molecule has 2 heterocycles. The van der Waals surface area contributed by atoms with E-state index in [2.05, 4.69) is 14.8 Å². The molecule has 30 heavy (non-hydrogen) atoms. The van der Waals surface area contributed by atoms with Crippen molar-refractivity contribution >= 4 is 5.97 Å². The van der Waals surface area contributed by atoms with Crippen LogP contribution in [0.15, 0.2) is 12.3 Å². The monoisotopic (exact) mass is 435 g/mol. The molecule has 0 spiro atoms. The minimum atomic E-state index is -4.45. The third-order valence-corrected chi connectivity index (χ3v) is 4.43. The second kappa shape index (κ2) is 9.40. The van der Waals surface area contributed by atoms with Crippen LogP contribution in [0.1, 0.15) is 42.5 Å². The summed E-state index contributed by atoms with van der Waals surface area (Å²) in [5.74, 6) is -2.74. The Kier molecular flexibility index (Phi) is 7.38. The first kappa shape index (κ1) is 23.6. The Labute approximate surface area is 170 Å². The van der Waals surface area contributed by atoms with E-state index in [1.165, 1.54) is 4.68 Å². The number of aryl methyl sites for hydroxylation is 1. The normalized spacial score (nSPS) is 12.9. The van der Waals surface area contributed by atoms with E-state index in [0.29, 0.717) is 11.3 Å². The quantitative estimate of drug-likeness (QED) is 0.441. The third kappa shape index (κ3) is 5.25. The second-order valence-corrected chi connectivity index (χ2v) is 6.56. The first-order chi connectivity index (χ1) is 14.0. The molecule has 0 unspecified atom stereocenters. The van der Waals surface area contributed by atoms with Gasteiger partial charge in [-0.25, -0.2) is 4.79 Å². The highest BCUT2D eigenvalue weighted by Crippen LogP contribution is 2.36. The van der Waals surface area contributed by atoms with E-state index >= 15 is 0 Å². The number of nitrogens with zero attached hydrogens (tertiary/aromatic N) is 3.